The van der Waals surface area contributed by atoms with Crippen LogP contribution in [-0.2, 0) is 4.74 Å². The van der Waals surface area contributed by atoms with Gasteiger partial charge in [0, 0.05) is 0 Å². The van der Waals surface area contributed by atoms with Crippen LogP contribution in [0.1, 0.15) is 32.0 Å². The van der Waals surface area contributed by atoms with Crippen molar-refractivity contribution in [3.63, 3.8) is 0 Å². The van der Waals surface area contributed by atoms with Gasteiger partial charge in [0.15, 0.2) is 5.67 Å². The molecule has 1 aliphatic heterocycles. The lowest BCUT2D eigenvalue weighted by Crippen LogP contribution is -2.40. The molecule has 9 nitrogen and oxygen atoms in total. The SMILES string of the molecule is C/C=C(\c1c(C)ncnc1N)[N+](=O)[O-].C[C@@H]1OC(CO)C(O)C1(C)F. The molecule has 4 atom stereocenters. The Hall–Kier alpha value is -2.17. The van der Waals surface area contributed by atoms with Crippen LogP contribution >= 0.6 is 0 Å². The van der Waals surface area contributed by atoms with Gasteiger partial charge in [-0.1, -0.05) is 0 Å². The van der Waals surface area contributed by atoms with E-state index in [1.54, 1.807) is 20.8 Å². The van der Waals surface area contributed by atoms with Gasteiger partial charge in [-0.2, -0.15) is 0 Å². The molecule has 1 aromatic rings. The molecule has 140 valence electrons. The zero-order chi connectivity index (χ0) is 19.4. The topological polar surface area (TPSA) is 145 Å². The van der Waals surface area contributed by atoms with Crippen LogP contribution in [0, 0.1) is 17.0 Å². The molecule has 0 radical (unpaired) electrons. The maximum Gasteiger partial charge on any atom is 0.277 e. The Morgan fingerprint density at radius 3 is 2.52 bits per heavy atom. The van der Waals surface area contributed by atoms with Gasteiger partial charge in [-0.05, 0) is 33.8 Å². The van der Waals surface area contributed by atoms with E-state index in [0.717, 1.165) is 0 Å². The summed E-state index contributed by atoms with van der Waals surface area (Å²) in [4.78, 5) is 17.7. The number of aliphatic hydroxyl groups is 2. The van der Waals surface area contributed by atoms with Gasteiger partial charge >= 0.3 is 0 Å². The van der Waals surface area contributed by atoms with Gasteiger partial charge < -0.3 is 20.7 Å². The lowest BCUT2D eigenvalue weighted by Gasteiger charge is -2.20. The highest BCUT2D eigenvalue weighted by Gasteiger charge is 2.51. The number of nitro groups is 1. The normalized spacial score (nSPS) is 29.1. The fraction of sp³-hybridized carbons (Fsp3) is 0.600. The Morgan fingerprint density at radius 2 is 2.20 bits per heavy atom. The third-order valence-corrected chi connectivity index (χ3v) is 4.08. The lowest BCUT2D eigenvalue weighted by atomic mass is 9.96. The monoisotopic (exact) mass is 358 g/mol. The van der Waals surface area contributed by atoms with Crippen LogP contribution in [0.25, 0.3) is 5.70 Å². The predicted molar refractivity (Wildman–Crippen MR) is 88.8 cm³/mol. The lowest BCUT2D eigenvalue weighted by molar-refractivity contribution is -0.375. The average Bonchev–Trinajstić information content (AvgIpc) is 2.74. The highest BCUT2D eigenvalue weighted by Crippen LogP contribution is 2.33. The molecule has 10 heteroatoms. The fourth-order valence-corrected chi connectivity index (χ4v) is 2.37. The molecule has 0 saturated carbocycles. The van der Waals surface area contributed by atoms with E-state index in [4.69, 9.17) is 15.6 Å². The zero-order valence-electron chi connectivity index (χ0n) is 14.5. The molecule has 1 fully saturated rings. The highest BCUT2D eigenvalue weighted by molar-refractivity contribution is 5.68. The van der Waals surface area contributed by atoms with Gasteiger partial charge in [-0.25, -0.2) is 14.4 Å². The number of ether oxygens (including phenoxy) is 1. The molecule has 1 aliphatic rings. The molecule has 2 heterocycles. The number of aryl methyl sites for hydroxylation is 1. The van der Waals surface area contributed by atoms with Crippen molar-refractivity contribution in [2.45, 2.75) is 51.7 Å². The number of anilines is 1. The quantitative estimate of drug-likeness (QED) is 0.533. The number of nitrogens with two attached hydrogens (primary N) is 1. The highest BCUT2D eigenvalue weighted by atomic mass is 19.1. The molecule has 2 rings (SSSR count). The van der Waals surface area contributed by atoms with Gasteiger partial charge in [-0.3, -0.25) is 10.1 Å². The number of hydrogen-bond acceptors (Lipinski definition) is 8. The second-order valence-electron chi connectivity index (χ2n) is 5.75. The van der Waals surface area contributed by atoms with E-state index in [9.17, 15) is 19.6 Å². The van der Waals surface area contributed by atoms with Gasteiger partial charge in [0.05, 0.1) is 23.3 Å². The number of nitrogen functional groups attached to an aromatic ring is 1. The summed E-state index contributed by atoms with van der Waals surface area (Å²) in [6, 6.07) is 0. The van der Waals surface area contributed by atoms with E-state index in [2.05, 4.69) is 9.97 Å². The van der Waals surface area contributed by atoms with Crippen LogP contribution in [0.2, 0.25) is 0 Å². The smallest absolute Gasteiger partial charge is 0.277 e. The van der Waals surface area contributed by atoms with E-state index >= 15 is 0 Å². The second-order valence-corrected chi connectivity index (χ2v) is 5.75. The number of aromatic nitrogens is 2. The van der Waals surface area contributed by atoms with Crippen molar-refractivity contribution >= 4 is 11.5 Å². The number of alkyl halides is 1. The van der Waals surface area contributed by atoms with E-state index in [1.807, 2.05) is 0 Å². The van der Waals surface area contributed by atoms with Crippen LogP contribution in [0.3, 0.4) is 0 Å². The van der Waals surface area contributed by atoms with Crippen molar-refractivity contribution < 1.29 is 24.3 Å². The average molecular weight is 358 g/mol. The van der Waals surface area contributed by atoms with Crippen LogP contribution in [0.4, 0.5) is 10.2 Å². The third kappa shape index (κ3) is 4.47. The first-order valence-corrected chi connectivity index (χ1v) is 7.59. The second kappa shape index (κ2) is 8.28. The molecule has 0 bridgehead atoms. The van der Waals surface area contributed by atoms with Gasteiger partial charge in [0.25, 0.3) is 5.70 Å². The Bertz CT molecular complexity index is 633. The summed E-state index contributed by atoms with van der Waals surface area (Å²) in [5, 5.41) is 28.5. The number of aliphatic hydroxyl groups excluding tert-OH is 2. The first-order valence-electron chi connectivity index (χ1n) is 7.59. The third-order valence-electron chi connectivity index (χ3n) is 4.08. The molecule has 0 amide bonds. The van der Waals surface area contributed by atoms with Crippen molar-refractivity contribution in [3.8, 4) is 0 Å². The Morgan fingerprint density at radius 1 is 1.60 bits per heavy atom. The van der Waals surface area contributed by atoms with Gasteiger partial charge in [0.2, 0.25) is 0 Å². The van der Waals surface area contributed by atoms with Crippen molar-refractivity contribution in [1.29, 1.82) is 0 Å². The first kappa shape index (κ1) is 20.9. The molecule has 0 aliphatic carbocycles. The number of rotatable bonds is 3. The summed E-state index contributed by atoms with van der Waals surface area (Å²) in [6.45, 7) is 5.70. The minimum atomic E-state index is -1.74. The van der Waals surface area contributed by atoms with E-state index in [0.29, 0.717) is 11.3 Å². The van der Waals surface area contributed by atoms with Crippen molar-refractivity contribution in [3.05, 3.63) is 33.8 Å². The molecule has 0 spiro atoms. The Balaban J connectivity index is 0.000000257. The van der Waals surface area contributed by atoms with E-state index in [-0.39, 0.29) is 18.1 Å². The molecule has 3 unspecified atom stereocenters. The van der Waals surface area contributed by atoms with Gasteiger partial charge in [-0.15, -0.1) is 0 Å². The van der Waals surface area contributed by atoms with Gasteiger partial charge in [0.1, 0.15) is 29.9 Å². The molecular formula is C15H23FN4O5. The molecule has 1 saturated heterocycles. The summed E-state index contributed by atoms with van der Waals surface area (Å²) >= 11 is 0. The first-order chi connectivity index (χ1) is 11.6. The Labute approximate surface area is 144 Å². The van der Waals surface area contributed by atoms with Crippen LogP contribution in [0.15, 0.2) is 12.4 Å². The van der Waals surface area contributed by atoms with E-state index in [1.165, 1.54) is 19.3 Å². The van der Waals surface area contributed by atoms with Crippen molar-refractivity contribution in [2.24, 2.45) is 0 Å². The number of halogens is 1. The number of hydrogen-bond donors (Lipinski definition) is 3. The number of nitrogens with zero attached hydrogens (tertiary/aromatic N) is 3. The summed E-state index contributed by atoms with van der Waals surface area (Å²) in [6.07, 6.45) is 0.000779. The minimum Gasteiger partial charge on any atom is -0.394 e. The molecule has 1 aromatic heterocycles. The maximum absolute atomic E-state index is 13.3. The fourth-order valence-electron chi connectivity index (χ4n) is 2.37. The van der Waals surface area contributed by atoms with Crippen LogP contribution in [0.5, 0.6) is 0 Å². The molecule has 25 heavy (non-hydrogen) atoms. The number of allylic oxidation sites excluding steroid dienone is 1. The van der Waals surface area contributed by atoms with Crippen LogP contribution < -0.4 is 5.73 Å². The minimum absolute atomic E-state index is 0.0689. The summed E-state index contributed by atoms with van der Waals surface area (Å²) in [5.74, 6) is 0.127. The predicted octanol–water partition coefficient (Wildman–Crippen LogP) is 0.860. The van der Waals surface area contributed by atoms with Crippen LogP contribution in [-0.4, -0.2) is 55.7 Å². The van der Waals surface area contributed by atoms with E-state index < -0.39 is 28.9 Å². The summed E-state index contributed by atoms with van der Waals surface area (Å²) in [5.41, 5.74) is 4.52. The summed E-state index contributed by atoms with van der Waals surface area (Å²) in [7, 11) is 0. The molecule has 4 N–H and O–H groups in total. The van der Waals surface area contributed by atoms with Crippen molar-refractivity contribution in [2.75, 3.05) is 12.3 Å². The Kier molecular flexibility index (Phi) is 6.91. The standard InChI is InChI=1S/C8H10N4O2.C7H13FO3/c1-3-6(12(13)14)7-5(2)10-4-11-8(7)9;1-4-7(2,8)6(10)5(3-9)11-4/h3-4H,1-2H3,(H2,9,10,11);4-6,9-10H,3H2,1-2H3/b6-3+;/t;4-,5?,6?,7?/m.0/s1. The zero-order valence-corrected chi connectivity index (χ0v) is 14.5. The summed E-state index contributed by atoms with van der Waals surface area (Å²) < 4.78 is 18.3. The largest absolute Gasteiger partial charge is 0.394 e. The molecule has 0 aromatic carbocycles. The molecular weight excluding hydrogens is 335 g/mol. The maximum atomic E-state index is 13.3. The van der Waals surface area contributed by atoms with Crippen molar-refractivity contribution in [1.82, 2.24) is 9.97 Å².